The van der Waals surface area contributed by atoms with Crippen LogP contribution in [0.5, 0.6) is 11.5 Å². The number of benzene rings is 1. The van der Waals surface area contributed by atoms with Gasteiger partial charge in [0.2, 0.25) is 0 Å². The van der Waals surface area contributed by atoms with E-state index in [0.717, 1.165) is 16.7 Å². The molecule has 0 aliphatic carbocycles. The molecule has 2 heterocycles. The Kier molecular flexibility index (Phi) is 5.97. The SMILES string of the molecule is CCn1c2c(c(=O)n(CCCO)c1=O)N(C)C(Oc1cccc(OC(F)(F)F)c1)N2. The van der Waals surface area contributed by atoms with Crippen molar-refractivity contribution in [1.82, 2.24) is 9.13 Å². The van der Waals surface area contributed by atoms with Gasteiger partial charge in [0.05, 0.1) is 0 Å². The summed E-state index contributed by atoms with van der Waals surface area (Å²) in [7, 11) is 1.56. The van der Waals surface area contributed by atoms with Gasteiger partial charge in [-0.2, -0.15) is 0 Å². The lowest BCUT2D eigenvalue weighted by Gasteiger charge is -2.22. The average Bonchev–Trinajstić information content (AvgIpc) is 2.97. The van der Waals surface area contributed by atoms with E-state index >= 15 is 0 Å². The summed E-state index contributed by atoms with van der Waals surface area (Å²) in [6.45, 7) is 1.88. The Hall–Kier alpha value is -3.15. The standard InChI is InChI=1S/C18H21F3N4O5/c1-3-24-14-13(15(27)25(17(24)28)8-5-9-26)23(2)16(22-14)29-11-6-4-7-12(10-11)30-18(19,20)21/h4,6-7,10,16,22,26H,3,5,8-9H2,1-2H3. The van der Waals surface area contributed by atoms with E-state index in [1.165, 1.54) is 21.6 Å². The molecule has 1 atom stereocenters. The summed E-state index contributed by atoms with van der Waals surface area (Å²) < 4.78 is 49.3. The van der Waals surface area contributed by atoms with Crippen molar-refractivity contribution in [1.29, 1.82) is 0 Å². The van der Waals surface area contributed by atoms with Gasteiger partial charge in [-0.3, -0.25) is 13.9 Å². The summed E-state index contributed by atoms with van der Waals surface area (Å²) in [4.78, 5) is 27.0. The number of halogens is 3. The third-order valence-corrected chi connectivity index (χ3v) is 4.51. The maximum absolute atomic E-state index is 12.9. The predicted molar refractivity (Wildman–Crippen MR) is 102 cm³/mol. The minimum Gasteiger partial charge on any atom is -0.452 e. The van der Waals surface area contributed by atoms with E-state index < -0.39 is 29.7 Å². The molecule has 0 amide bonds. The van der Waals surface area contributed by atoms with Crippen LogP contribution in [-0.2, 0) is 13.1 Å². The van der Waals surface area contributed by atoms with Crippen LogP contribution in [-0.4, -0.2) is 40.6 Å². The number of ether oxygens (including phenoxy) is 2. The van der Waals surface area contributed by atoms with E-state index in [2.05, 4.69) is 10.1 Å². The number of aliphatic hydroxyl groups excluding tert-OH is 1. The topological polar surface area (TPSA) is 98.0 Å². The van der Waals surface area contributed by atoms with Crippen molar-refractivity contribution in [3.8, 4) is 11.5 Å². The van der Waals surface area contributed by atoms with E-state index in [0.29, 0.717) is 0 Å². The summed E-state index contributed by atoms with van der Waals surface area (Å²) in [5, 5.41) is 12.0. The number of alkyl halides is 3. The molecule has 2 N–H and O–H groups in total. The quantitative estimate of drug-likeness (QED) is 0.688. The van der Waals surface area contributed by atoms with E-state index in [1.54, 1.807) is 14.0 Å². The largest absolute Gasteiger partial charge is 0.573 e. The van der Waals surface area contributed by atoms with Crippen LogP contribution in [0.25, 0.3) is 0 Å². The molecule has 9 nitrogen and oxygen atoms in total. The molecule has 1 unspecified atom stereocenters. The van der Waals surface area contributed by atoms with E-state index in [1.807, 2.05) is 0 Å². The van der Waals surface area contributed by atoms with Crippen LogP contribution in [0.1, 0.15) is 13.3 Å². The molecule has 0 saturated heterocycles. The molecule has 0 spiro atoms. The molecular formula is C18H21F3N4O5. The van der Waals surface area contributed by atoms with Crippen LogP contribution in [0.3, 0.4) is 0 Å². The van der Waals surface area contributed by atoms with Crippen LogP contribution < -0.4 is 30.9 Å². The molecule has 1 aliphatic heterocycles. The van der Waals surface area contributed by atoms with Crippen molar-refractivity contribution in [2.75, 3.05) is 23.9 Å². The Labute approximate surface area is 168 Å². The normalized spacial score (nSPS) is 15.7. The second-order valence-corrected chi connectivity index (χ2v) is 6.51. The molecular weight excluding hydrogens is 409 g/mol. The van der Waals surface area contributed by atoms with Gasteiger partial charge in [0, 0.05) is 32.8 Å². The molecule has 0 saturated carbocycles. The summed E-state index contributed by atoms with van der Waals surface area (Å²) in [6.07, 6.45) is -5.55. The summed E-state index contributed by atoms with van der Waals surface area (Å²) >= 11 is 0. The molecule has 30 heavy (non-hydrogen) atoms. The van der Waals surface area contributed by atoms with E-state index in [-0.39, 0.29) is 43.4 Å². The molecule has 1 aromatic heterocycles. The van der Waals surface area contributed by atoms with Gasteiger partial charge in [0.1, 0.15) is 23.0 Å². The van der Waals surface area contributed by atoms with Crippen LogP contribution in [0, 0.1) is 0 Å². The number of hydrogen-bond donors (Lipinski definition) is 2. The zero-order chi connectivity index (χ0) is 22.1. The highest BCUT2D eigenvalue weighted by atomic mass is 19.4. The summed E-state index contributed by atoms with van der Waals surface area (Å²) in [5.41, 5.74) is -0.901. The average molecular weight is 430 g/mol. The molecule has 0 radical (unpaired) electrons. The fourth-order valence-electron chi connectivity index (χ4n) is 3.18. The van der Waals surface area contributed by atoms with Gasteiger partial charge in [-0.25, -0.2) is 4.79 Å². The van der Waals surface area contributed by atoms with E-state index in [9.17, 15) is 22.8 Å². The summed E-state index contributed by atoms with van der Waals surface area (Å²) in [6, 6.07) is 4.98. The predicted octanol–water partition coefficient (Wildman–Crippen LogP) is 1.54. The van der Waals surface area contributed by atoms with Crippen LogP contribution in [0.4, 0.5) is 24.7 Å². The van der Waals surface area contributed by atoms with Crippen molar-refractivity contribution in [2.45, 2.75) is 39.1 Å². The Morgan fingerprint density at radius 2 is 1.90 bits per heavy atom. The van der Waals surface area contributed by atoms with Crippen molar-refractivity contribution >= 4 is 11.5 Å². The van der Waals surface area contributed by atoms with Crippen molar-refractivity contribution in [3.05, 3.63) is 45.1 Å². The van der Waals surface area contributed by atoms with Crippen LogP contribution in [0.2, 0.25) is 0 Å². The maximum atomic E-state index is 12.9. The molecule has 2 aromatic rings. The number of fused-ring (bicyclic) bond motifs is 1. The van der Waals surface area contributed by atoms with Crippen molar-refractivity contribution in [2.24, 2.45) is 0 Å². The van der Waals surface area contributed by atoms with Gasteiger partial charge in [-0.1, -0.05) is 6.07 Å². The van der Waals surface area contributed by atoms with Crippen LogP contribution in [0.15, 0.2) is 33.9 Å². The fraction of sp³-hybridized carbons (Fsp3) is 0.444. The van der Waals surface area contributed by atoms with Gasteiger partial charge >= 0.3 is 12.1 Å². The Morgan fingerprint density at radius 1 is 1.20 bits per heavy atom. The highest BCUT2D eigenvalue weighted by Gasteiger charge is 2.35. The number of aliphatic hydroxyl groups is 1. The smallest absolute Gasteiger partial charge is 0.452 e. The molecule has 164 valence electrons. The first-order valence-electron chi connectivity index (χ1n) is 9.16. The zero-order valence-electron chi connectivity index (χ0n) is 16.3. The minimum absolute atomic E-state index is 0.0532. The van der Waals surface area contributed by atoms with Crippen LogP contribution >= 0.6 is 0 Å². The van der Waals surface area contributed by atoms with Crippen molar-refractivity contribution < 1.29 is 27.8 Å². The van der Waals surface area contributed by atoms with Gasteiger partial charge in [-0.15, -0.1) is 13.2 Å². The van der Waals surface area contributed by atoms with Gasteiger partial charge in [0.25, 0.3) is 11.9 Å². The molecule has 1 aromatic carbocycles. The fourth-order valence-corrected chi connectivity index (χ4v) is 3.18. The third-order valence-electron chi connectivity index (χ3n) is 4.51. The number of nitrogens with one attached hydrogen (secondary N) is 1. The first-order valence-corrected chi connectivity index (χ1v) is 9.16. The lowest BCUT2D eigenvalue weighted by atomic mass is 10.3. The first kappa shape index (κ1) is 21.6. The Bertz CT molecular complexity index is 1030. The number of anilines is 2. The lowest BCUT2D eigenvalue weighted by molar-refractivity contribution is -0.274. The number of rotatable bonds is 7. The monoisotopic (exact) mass is 430 g/mol. The van der Waals surface area contributed by atoms with Gasteiger partial charge in [-0.05, 0) is 25.5 Å². The molecule has 12 heteroatoms. The Balaban J connectivity index is 1.92. The second-order valence-electron chi connectivity index (χ2n) is 6.51. The lowest BCUT2D eigenvalue weighted by Crippen LogP contribution is -2.42. The molecule has 0 fully saturated rings. The van der Waals surface area contributed by atoms with Gasteiger partial charge in [0.15, 0.2) is 0 Å². The Morgan fingerprint density at radius 3 is 2.53 bits per heavy atom. The third kappa shape index (κ3) is 4.22. The zero-order valence-corrected chi connectivity index (χ0v) is 16.3. The minimum atomic E-state index is -4.84. The highest BCUT2D eigenvalue weighted by molar-refractivity contribution is 5.71. The second kappa shape index (κ2) is 8.30. The molecule has 1 aliphatic rings. The molecule has 0 bridgehead atoms. The first-order chi connectivity index (χ1) is 14.2. The number of aromatic nitrogens is 2. The highest BCUT2D eigenvalue weighted by Crippen LogP contribution is 2.32. The van der Waals surface area contributed by atoms with Crippen molar-refractivity contribution in [3.63, 3.8) is 0 Å². The number of hydrogen-bond acceptors (Lipinski definition) is 7. The van der Waals surface area contributed by atoms with Gasteiger partial charge < -0.3 is 24.8 Å². The molecule has 3 rings (SSSR count). The maximum Gasteiger partial charge on any atom is 0.573 e. The summed E-state index contributed by atoms with van der Waals surface area (Å²) in [5.74, 6) is -0.127. The number of nitrogens with zero attached hydrogens (tertiary/aromatic N) is 3. The van der Waals surface area contributed by atoms with E-state index in [4.69, 9.17) is 9.84 Å².